The molecule has 2 aromatic heterocycles. The Morgan fingerprint density at radius 3 is 2.63 bits per heavy atom. The van der Waals surface area contributed by atoms with Gasteiger partial charge in [0.2, 0.25) is 5.88 Å². The zero-order valence-electron chi connectivity index (χ0n) is 16.4. The van der Waals surface area contributed by atoms with E-state index >= 15 is 0 Å². The van der Waals surface area contributed by atoms with Crippen molar-refractivity contribution in [3.63, 3.8) is 0 Å². The molecular formula is C19H20N6O5. The number of urea groups is 1. The van der Waals surface area contributed by atoms with Crippen LogP contribution < -0.4 is 15.8 Å². The van der Waals surface area contributed by atoms with Gasteiger partial charge in [-0.2, -0.15) is 0 Å². The van der Waals surface area contributed by atoms with Crippen LogP contribution in [0.1, 0.15) is 13.8 Å². The molecule has 30 heavy (non-hydrogen) atoms. The molecule has 0 unspecified atom stereocenters. The van der Waals surface area contributed by atoms with E-state index < -0.39 is 12.2 Å². The van der Waals surface area contributed by atoms with Crippen LogP contribution in [-0.4, -0.2) is 50.7 Å². The number of nitrogens with one attached hydrogen (secondary N) is 1. The number of hydrogen-bond acceptors (Lipinski definition) is 7. The van der Waals surface area contributed by atoms with E-state index in [-0.39, 0.29) is 17.7 Å². The van der Waals surface area contributed by atoms with Crippen LogP contribution in [0.15, 0.2) is 42.9 Å². The van der Waals surface area contributed by atoms with Crippen LogP contribution in [0, 0.1) is 0 Å². The van der Waals surface area contributed by atoms with Gasteiger partial charge in [0.15, 0.2) is 0 Å². The Hall–Kier alpha value is -4.15. The Labute approximate surface area is 171 Å². The number of ether oxygens (including phenoxy) is 2. The molecule has 11 nitrogen and oxygen atoms in total. The number of benzene rings is 1. The molecule has 0 saturated heterocycles. The third-order valence-corrected chi connectivity index (χ3v) is 4.22. The predicted molar refractivity (Wildman–Crippen MR) is 107 cm³/mol. The predicted octanol–water partition coefficient (Wildman–Crippen LogP) is 3.16. The summed E-state index contributed by atoms with van der Waals surface area (Å²) in [5, 5.41) is 3.27. The average molecular weight is 412 g/mol. The first kappa shape index (κ1) is 20.6. The van der Waals surface area contributed by atoms with Gasteiger partial charge < -0.3 is 20.1 Å². The van der Waals surface area contributed by atoms with E-state index in [1.165, 1.54) is 18.6 Å². The number of aromatic nitrogens is 3. The number of carbonyl (C=O) groups excluding carboxylic acids is 3. The molecule has 156 valence electrons. The van der Waals surface area contributed by atoms with E-state index in [0.717, 1.165) is 4.57 Å². The van der Waals surface area contributed by atoms with E-state index in [4.69, 9.17) is 10.5 Å². The van der Waals surface area contributed by atoms with Crippen molar-refractivity contribution >= 4 is 34.9 Å². The molecule has 11 heteroatoms. The number of primary amides is 1. The molecule has 3 rings (SSSR count). The minimum absolute atomic E-state index is 0.194. The third-order valence-electron chi connectivity index (χ3n) is 4.22. The fourth-order valence-electron chi connectivity index (χ4n) is 2.80. The fraction of sp³-hybridized carbons (Fsp3) is 0.211. The normalized spacial score (nSPS) is 10.5. The second kappa shape index (κ2) is 8.90. The molecule has 0 radical (unpaired) electrons. The standard InChI is InChI=1S/C19H20N6O5/c1-3-24(4-2)18(27)23-15-10-16(22-11-21-15)29-14-7-5-6-13-12(14)8-9-25(13)19(28)30-17(20)26/h5-11H,3-4H2,1-2H3,(H2,20,26)(H,21,22,23,27). The Kier molecular flexibility index (Phi) is 6.11. The number of anilines is 1. The monoisotopic (exact) mass is 412 g/mol. The summed E-state index contributed by atoms with van der Waals surface area (Å²) in [6.07, 6.45) is 0.564. The number of hydrogen-bond donors (Lipinski definition) is 2. The van der Waals surface area contributed by atoms with E-state index in [0.29, 0.717) is 29.7 Å². The SMILES string of the molecule is CCN(CC)C(=O)Nc1cc(Oc2cccc3c2ccn3C(=O)OC(N)=O)ncn1. The smallest absolute Gasteiger partial charge is 0.427 e. The second-order valence-electron chi connectivity index (χ2n) is 6.01. The quantitative estimate of drug-likeness (QED) is 0.613. The van der Waals surface area contributed by atoms with Gasteiger partial charge in [-0.05, 0) is 32.0 Å². The first-order chi connectivity index (χ1) is 14.4. The van der Waals surface area contributed by atoms with Crippen molar-refractivity contribution in [2.24, 2.45) is 5.73 Å². The lowest BCUT2D eigenvalue weighted by Gasteiger charge is -2.18. The second-order valence-corrected chi connectivity index (χ2v) is 6.01. The largest absolute Gasteiger partial charge is 0.438 e. The summed E-state index contributed by atoms with van der Waals surface area (Å²) in [7, 11) is 0. The molecule has 2 heterocycles. The minimum Gasteiger partial charge on any atom is -0.438 e. The van der Waals surface area contributed by atoms with Gasteiger partial charge in [0.05, 0.1) is 5.52 Å². The van der Waals surface area contributed by atoms with Crippen molar-refractivity contribution < 1.29 is 23.9 Å². The van der Waals surface area contributed by atoms with Gasteiger partial charge in [0.1, 0.15) is 17.9 Å². The number of carbonyl (C=O) groups is 3. The Balaban J connectivity index is 1.83. The van der Waals surface area contributed by atoms with Crippen molar-refractivity contribution in [1.82, 2.24) is 19.4 Å². The lowest BCUT2D eigenvalue weighted by atomic mass is 10.2. The first-order valence-corrected chi connectivity index (χ1v) is 9.10. The summed E-state index contributed by atoms with van der Waals surface area (Å²) in [5.41, 5.74) is 5.34. The van der Waals surface area contributed by atoms with Crippen LogP contribution in [0.5, 0.6) is 11.6 Å². The highest BCUT2D eigenvalue weighted by Crippen LogP contribution is 2.30. The van der Waals surface area contributed by atoms with Gasteiger partial charge in [-0.15, -0.1) is 0 Å². The summed E-state index contributed by atoms with van der Waals surface area (Å²) in [4.78, 5) is 44.7. The number of amides is 3. The average Bonchev–Trinajstić information content (AvgIpc) is 3.14. The topological polar surface area (TPSA) is 142 Å². The highest BCUT2D eigenvalue weighted by atomic mass is 16.6. The van der Waals surface area contributed by atoms with Crippen LogP contribution in [0.25, 0.3) is 10.9 Å². The van der Waals surface area contributed by atoms with Gasteiger partial charge in [0.25, 0.3) is 0 Å². The highest BCUT2D eigenvalue weighted by molar-refractivity contribution is 5.95. The summed E-state index contributed by atoms with van der Waals surface area (Å²) < 4.78 is 11.4. The summed E-state index contributed by atoms with van der Waals surface area (Å²) in [5.74, 6) is 0.879. The van der Waals surface area contributed by atoms with E-state index in [2.05, 4.69) is 20.0 Å². The molecule has 0 aliphatic carbocycles. The van der Waals surface area contributed by atoms with Crippen molar-refractivity contribution in [3.8, 4) is 11.6 Å². The molecular weight excluding hydrogens is 392 g/mol. The lowest BCUT2D eigenvalue weighted by molar-refractivity contribution is 0.159. The molecule has 3 aromatic rings. The number of rotatable bonds is 5. The molecule has 0 bridgehead atoms. The van der Waals surface area contributed by atoms with Gasteiger partial charge in [-0.25, -0.2) is 24.4 Å². The molecule has 3 N–H and O–H groups in total. The van der Waals surface area contributed by atoms with Crippen LogP contribution >= 0.6 is 0 Å². The van der Waals surface area contributed by atoms with Gasteiger partial charge in [-0.3, -0.25) is 9.88 Å². The Morgan fingerprint density at radius 2 is 1.93 bits per heavy atom. The number of fused-ring (bicyclic) bond motifs is 1. The summed E-state index contributed by atoms with van der Waals surface area (Å²) in [6.45, 7) is 4.88. The molecule has 0 spiro atoms. The molecule has 3 amide bonds. The van der Waals surface area contributed by atoms with Crippen LogP contribution in [0.4, 0.5) is 20.2 Å². The van der Waals surface area contributed by atoms with Gasteiger partial charge in [-0.1, -0.05) is 6.07 Å². The van der Waals surface area contributed by atoms with E-state index in [1.807, 2.05) is 13.8 Å². The van der Waals surface area contributed by atoms with Crippen molar-refractivity contribution in [3.05, 3.63) is 42.9 Å². The maximum Gasteiger partial charge on any atom is 0.427 e. The third kappa shape index (κ3) is 4.46. The van der Waals surface area contributed by atoms with Gasteiger partial charge >= 0.3 is 18.2 Å². The highest BCUT2D eigenvalue weighted by Gasteiger charge is 2.16. The van der Waals surface area contributed by atoms with Crippen molar-refractivity contribution in [2.45, 2.75) is 13.8 Å². The molecule has 0 saturated carbocycles. The van der Waals surface area contributed by atoms with Crippen LogP contribution in [0.2, 0.25) is 0 Å². The summed E-state index contributed by atoms with van der Waals surface area (Å²) >= 11 is 0. The first-order valence-electron chi connectivity index (χ1n) is 9.10. The molecule has 0 atom stereocenters. The lowest BCUT2D eigenvalue weighted by Crippen LogP contribution is -2.34. The van der Waals surface area contributed by atoms with Crippen molar-refractivity contribution in [2.75, 3.05) is 18.4 Å². The fourth-order valence-corrected chi connectivity index (χ4v) is 2.80. The molecule has 0 aliphatic heterocycles. The Bertz CT molecular complexity index is 1090. The maximum atomic E-state index is 12.2. The van der Waals surface area contributed by atoms with Gasteiger partial charge in [0, 0.05) is 30.7 Å². The van der Waals surface area contributed by atoms with Crippen molar-refractivity contribution in [1.29, 1.82) is 0 Å². The van der Waals surface area contributed by atoms with Crippen LogP contribution in [-0.2, 0) is 4.74 Å². The van der Waals surface area contributed by atoms with E-state index in [1.54, 1.807) is 29.2 Å². The van der Waals surface area contributed by atoms with E-state index in [9.17, 15) is 14.4 Å². The summed E-state index contributed by atoms with van der Waals surface area (Å²) in [6, 6.07) is 7.82. The minimum atomic E-state index is -1.20. The molecule has 0 fully saturated rings. The maximum absolute atomic E-state index is 12.2. The number of nitrogens with two attached hydrogens (primary N) is 1. The Morgan fingerprint density at radius 1 is 1.17 bits per heavy atom. The molecule has 0 aliphatic rings. The number of nitrogens with zero attached hydrogens (tertiary/aromatic N) is 4. The molecule has 1 aromatic carbocycles. The van der Waals surface area contributed by atoms with Crippen LogP contribution in [0.3, 0.4) is 0 Å². The zero-order chi connectivity index (χ0) is 21.7. The zero-order valence-corrected chi connectivity index (χ0v) is 16.4.